The van der Waals surface area contributed by atoms with Crippen molar-refractivity contribution in [2.75, 3.05) is 59.5 Å². The molecule has 4 heteroatoms. The highest BCUT2D eigenvalue weighted by molar-refractivity contribution is 4.87. The van der Waals surface area contributed by atoms with Crippen molar-refractivity contribution < 1.29 is 4.74 Å². The van der Waals surface area contributed by atoms with Crippen molar-refractivity contribution in [3.63, 3.8) is 0 Å². The van der Waals surface area contributed by atoms with Gasteiger partial charge in [-0.2, -0.15) is 0 Å². The van der Waals surface area contributed by atoms with Gasteiger partial charge in [0.15, 0.2) is 0 Å². The number of hydrogen-bond acceptors (Lipinski definition) is 4. The van der Waals surface area contributed by atoms with Crippen LogP contribution >= 0.6 is 0 Å². The van der Waals surface area contributed by atoms with Gasteiger partial charge >= 0.3 is 0 Å². The lowest BCUT2D eigenvalue weighted by atomic mass is 9.87. The molecular formula is C19H39N3O. The molecule has 0 unspecified atom stereocenters. The second-order valence-corrected chi connectivity index (χ2v) is 8.49. The molecule has 0 N–H and O–H groups in total. The van der Waals surface area contributed by atoms with Crippen molar-refractivity contribution in [2.45, 2.75) is 52.7 Å². The van der Waals surface area contributed by atoms with E-state index in [0.717, 1.165) is 31.0 Å². The molecule has 0 atom stereocenters. The van der Waals surface area contributed by atoms with Crippen LogP contribution in [0.25, 0.3) is 0 Å². The van der Waals surface area contributed by atoms with Gasteiger partial charge in [-0.3, -0.25) is 4.90 Å². The maximum absolute atomic E-state index is 6.08. The van der Waals surface area contributed by atoms with Crippen molar-refractivity contribution in [3.05, 3.63) is 0 Å². The molecule has 0 aromatic rings. The first-order valence-corrected chi connectivity index (χ1v) is 9.70. The average Bonchev–Trinajstić information content (AvgIpc) is 2.41. The van der Waals surface area contributed by atoms with Gasteiger partial charge < -0.3 is 14.5 Å². The lowest BCUT2D eigenvalue weighted by Crippen LogP contribution is -2.49. The summed E-state index contributed by atoms with van der Waals surface area (Å²) in [6.45, 7) is 18.6. The minimum atomic E-state index is 0.511. The Morgan fingerprint density at radius 1 is 0.957 bits per heavy atom. The van der Waals surface area contributed by atoms with Gasteiger partial charge in [0, 0.05) is 51.9 Å². The predicted molar refractivity (Wildman–Crippen MR) is 97.9 cm³/mol. The first kappa shape index (κ1) is 19.2. The molecule has 4 nitrogen and oxygen atoms in total. The average molecular weight is 326 g/mol. The second kappa shape index (κ2) is 9.36. The Bertz CT molecular complexity index is 321. The van der Waals surface area contributed by atoms with E-state index in [1.54, 1.807) is 0 Å². The minimum absolute atomic E-state index is 0.511. The van der Waals surface area contributed by atoms with Crippen LogP contribution in [-0.2, 0) is 4.74 Å². The molecule has 23 heavy (non-hydrogen) atoms. The predicted octanol–water partition coefficient (Wildman–Crippen LogP) is 2.40. The summed E-state index contributed by atoms with van der Waals surface area (Å²) in [7, 11) is 2.26. The summed E-state index contributed by atoms with van der Waals surface area (Å²) in [6, 6.07) is 0.752. The van der Waals surface area contributed by atoms with E-state index in [2.05, 4.69) is 49.4 Å². The van der Waals surface area contributed by atoms with Crippen LogP contribution in [0, 0.1) is 11.8 Å². The number of hydrogen-bond donors (Lipinski definition) is 0. The molecule has 2 rings (SSSR count). The molecule has 0 aromatic heterocycles. The summed E-state index contributed by atoms with van der Waals surface area (Å²) in [5.41, 5.74) is 0. The minimum Gasteiger partial charge on any atom is -0.377 e. The molecule has 1 aliphatic heterocycles. The van der Waals surface area contributed by atoms with E-state index in [0.29, 0.717) is 6.10 Å². The number of piperazine rings is 1. The highest BCUT2D eigenvalue weighted by Gasteiger charge is 2.32. The third kappa shape index (κ3) is 6.69. The second-order valence-electron chi connectivity index (χ2n) is 8.49. The van der Waals surface area contributed by atoms with Crippen LogP contribution in [0.15, 0.2) is 0 Å². The van der Waals surface area contributed by atoms with Gasteiger partial charge in [0.25, 0.3) is 0 Å². The zero-order chi connectivity index (χ0) is 16.8. The quantitative estimate of drug-likeness (QED) is 0.648. The summed E-state index contributed by atoms with van der Waals surface area (Å²) >= 11 is 0. The van der Waals surface area contributed by atoms with E-state index in [-0.39, 0.29) is 0 Å². The summed E-state index contributed by atoms with van der Waals surface area (Å²) < 4.78 is 6.08. The van der Waals surface area contributed by atoms with Crippen molar-refractivity contribution >= 4 is 0 Å². The Hall–Kier alpha value is -0.160. The van der Waals surface area contributed by atoms with E-state index in [1.807, 2.05) is 0 Å². The first-order valence-electron chi connectivity index (χ1n) is 9.70. The smallest absolute Gasteiger partial charge is 0.0605 e. The lowest BCUT2D eigenvalue weighted by Gasteiger charge is -2.42. The third-order valence-corrected chi connectivity index (χ3v) is 5.20. The fourth-order valence-corrected chi connectivity index (χ4v) is 3.82. The summed E-state index contributed by atoms with van der Waals surface area (Å²) in [5, 5.41) is 0. The van der Waals surface area contributed by atoms with Crippen LogP contribution in [0.5, 0.6) is 0 Å². The fourth-order valence-electron chi connectivity index (χ4n) is 3.82. The summed E-state index contributed by atoms with van der Waals surface area (Å²) in [5.74, 6) is 1.54. The fraction of sp³-hybridized carbons (Fsp3) is 1.00. The lowest BCUT2D eigenvalue weighted by molar-refractivity contribution is -0.0543. The highest BCUT2D eigenvalue weighted by atomic mass is 16.5. The molecule has 0 aromatic carbocycles. The summed E-state index contributed by atoms with van der Waals surface area (Å²) in [4.78, 5) is 7.68. The van der Waals surface area contributed by atoms with Crippen molar-refractivity contribution in [1.29, 1.82) is 0 Å². The van der Waals surface area contributed by atoms with E-state index < -0.39 is 0 Å². The number of nitrogens with zero attached hydrogens (tertiary/aromatic N) is 3. The Morgan fingerprint density at radius 2 is 1.57 bits per heavy atom. The molecule has 2 fully saturated rings. The van der Waals surface area contributed by atoms with Crippen LogP contribution in [0.1, 0.15) is 40.5 Å². The Morgan fingerprint density at radius 3 is 2.13 bits per heavy atom. The Balaban J connectivity index is 1.49. The maximum atomic E-state index is 6.08. The molecule has 1 saturated heterocycles. The molecule has 0 bridgehead atoms. The molecule has 1 heterocycles. The van der Waals surface area contributed by atoms with E-state index in [9.17, 15) is 0 Å². The Kier molecular flexibility index (Phi) is 7.80. The van der Waals surface area contributed by atoms with Crippen molar-refractivity contribution in [3.8, 4) is 0 Å². The first-order chi connectivity index (χ1) is 10.9. The van der Waals surface area contributed by atoms with Gasteiger partial charge in [0.2, 0.25) is 0 Å². The van der Waals surface area contributed by atoms with Crippen molar-refractivity contribution in [2.24, 2.45) is 11.8 Å². The van der Waals surface area contributed by atoms with Crippen LogP contribution in [0.3, 0.4) is 0 Å². The van der Waals surface area contributed by atoms with Crippen LogP contribution < -0.4 is 0 Å². The molecule has 0 spiro atoms. The summed E-state index contributed by atoms with van der Waals surface area (Å²) in [6.07, 6.45) is 2.97. The number of rotatable bonds is 9. The normalized spacial score (nSPS) is 27.1. The van der Waals surface area contributed by atoms with Gasteiger partial charge in [-0.25, -0.2) is 0 Å². The van der Waals surface area contributed by atoms with Crippen LogP contribution in [0.4, 0.5) is 0 Å². The molecule has 2 aliphatic rings. The molecule has 136 valence electrons. The standard InChI is InChI=1S/C19H39N3O/c1-16(2)14-20(5)18-12-19(13-18)23-11-10-21-6-8-22(9-7-21)15-17(3)4/h16-19H,6-15H2,1-5H3. The van der Waals surface area contributed by atoms with E-state index in [1.165, 1.54) is 52.1 Å². The topological polar surface area (TPSA) is 19.0 Å². The molecule has 1 aliphatic carbocycles. The SMILES string of the molecule is CC(C)CN1CCN(CCOC2CC(N(C)CC(C)C)C2)CC1. The van der Waals surface area contributed by atoms with Crippen LogP contribution in [0.2, 0.25) is 0 Å². The van der Waals surface area contributed by atoms with E-state index >= 15 is 0 Å². The largest absolute Gasteiger partial charge is 0.377 e. The zero-order valence-corrected chi connectivity index (χ0v) is 16.1. The van der Waals surface area contributed by atoms with Crippen molar-refractivity contribution in [1.82, 2.24) is 14.7 Å². The molecule has 0 radical (unpaired) electrons. The maximum Gasteiger partial charge on any atom is 0.0605 e. The third-order valence-electron chi connectivity index (χ3n) is 5.20. The van der Waals surface area contributed by atoms with Gasteiger partial charge in [0.1, 0.15) is 0 Å². The highest BCUT2D eigenvalue weighted by Crippen LogP contribution is 2.27. The van der Waals surface area contributed by atoms with Gasteiger partial charge in [-0.05, 0) is 31.7 Å². The van der Waals surface area contributed by atoms with E-state index in [4.69, 9.17) is 4.74 Å². The monoisotopic (exact) mass is 325 g/mol. The van der Waals surface area contributed by atoms with Crippen LogP contribution in [-0.4, -0.2) is 86.3 Å². The molecule has 0 amide bonds. The van der Waals surface area contributed by atoms with Gasteiger partial charge in [0.05, 0.1) is 12.7 Å². The number of ether oxygens (including phenoxy) is 1. The Labute approximate surface area is 144 Å². The molecular weight excluding hydrogens is 286 g/mol. The molecule has 1 saturated carbocycles. The zero-order valence-electron chi connectivity index (χ0n) is 16.1. The van der Waals surface area contributed by atoms with Gasteiger partial charge in [-0.15, -0.1) is 0 Å². The van der Waals surface area contributed by atoms with Gasteiger partial charge in [-0.1, -0.05) is 27.7 Å².